The number of imide groups is 1. The summed E-state index contributed by atoms with van der Waals surface area (Å²) < 4.78 is 10.6. The largest absolute Gasteiger partial charge is 0.454 e. The van der Waals surface area contributed by atoms with Gasteiger partial charge in [-0.3, -0.25) is 14.5 Å². The van der Waals surface area contributed by atoms with Crippen LogP contribution in [0.1, 0.15) is 32.8 Å². The zero-order valence-electron chi connectivity index (χ0n) is 15.8. The molecule has 8 nitrogen and oxygen atoms in total. The van der Waals surface area contributed by atoms with Crippen LogP contribution in [0.2, 0.25) is 0 Å². The smallest absolute Gasteiger partial charge is 0.325 e. The first-order valence-electron chi connectivity index (χ1n) is 9.08. The molecule has 1 aromatic rings. The van der Waals surface area contributed by atoms with Crippen molar-refractivity contribution in [3.63, 3.8) is 0 Å². The van der Waals surface area contributed by atoms with Crippen molar-refractivity contribution in [3.8, 4) is 11.5 Å². The molecule has 0 bridgehead atoms. The first-order valence-corrected chi connectivity index (χ1v) is 9.08. The van der Waals surface area contributed by atoms with Crippen molar-refractivity contribution in [2.75, 3.05) is 19.9 Å². The Morgan fingerprint density at radius 1 is 1.30 bits per heavy atom. The first kappa shape index (κ1) is 19.0. The van der Waals surface area contributed by atoms with Crippen LogP contribution in [0.25, 0.3) is 0 Å². The highest BCUT2D eigenvalue weighted by atomic mass is 16.7. The minimum atomic E-state index is -1.11. The number of amides is 4. The molecule has 3 rings (SSSR count). The number of benzene rings is 1. The Morgan fingerprint density at radius 2 is 2.04 bits per heavy atom. The van der Waals surface area contributed by atoms with E-state index in [4.69, 9.17) is 9.47 Å². The number of urea groups is 1. The lowest BCUT2D eigenvalue weighted by molar-refractivity contribution is -0.134. The molecule has 4 amide bonds. The second-order valence-electron chi connectivity index (χ2n) is 7.55. The van der Waals surface area contributed by atoms with E-state index in [1.165, 1.54) is 0 Å². The maximum atomic E-state index is 12.8. The monoisotopic (exact) mass is 375 g/mol. The Morgan fingerprint density at radius 3 is 2.78 bits per heavy atom. The predicted octanol–water partition coefficient (Wildman–Crippen LogP) is 1.43. The van der Waals surface area contributed by atoms with Gasteiger partial charge in [0.25, 0.3) is 5.91 Å². The van der Waals surface area contributed by atoms with Crippen molar-refractivity contribution in [2.45, 2.75) is 39.2 Å². The molecule has 0 unspecified atom stereocenters. The molecule has 146 valence electrons. The molecule has 2 heterocycles. The van der Waals surface area contributed by atoms with Crippen LogP contribution in [0.4, 0.5) is 4.79 Å². The van der Waals surface area contributed by atoms with Gasteiger partial charge in [-0.25, -0.2) is 4.79 Å². The van der Waals surface area contributed by atoms with Crippen LogP contribution in [0.5, 0.6) is 11.5 Å². The molecule has 8 heteroatoms. The molecular weight excluding hydrogens is 350 g/mol. The van der Waals surface area contributed by atoms with E-state index in [9.17, 15) is 14.4 Å². The van der Waals surface area contributed by atoms with Gasteiger partial charge in [0.2, 0.25) is 12.7 Å². The molecule has 1 fully saturated rings. The van der Waals surface area contributed by atoms with Gasteiger partial charge in [0.05, 0.1) is 0 Å². The Balaban J connectivity index is 1.63. The fourth-order valence-corrected chi connectivity index (χ4v) is 3.17. The van der Waals surface area contributed by atoms with Crippen molar-refractivity contribution in [1.29, 1.82) is 0 Å². The third-order valence-electron chi connectivity index (χ3n) is 4.69. The van der Waals surface area contributed by atoms with Gasteiger partial charge in [0.15, 0.2) is 11.5 Å². The average molecular weight is 375 g/mol. The number of nitrogens with one attached hydrogen (secondary N) is 2. The van der Waals surface area contributed by atoms with Crippen LogP contribution in [-0.2, 0) is 16.0 Å². The van der Waals surface area contributed by atoms with Crippen molar-refractivity contribution in [1.82, 2.24) is 15.5 Å². The number of fused-ring (bicyclic) bond motifs is 1. The molecule has 1 aromatic carbocycles. The lowest BCUT2D eigenvalue weighted by Crippen LogP contribution is -2.47. The number of ether oxygens (including phenoxy) is 2. The second-order valence-corrected chi connectivity index (χ2v) is 7.55. The van der Waals surface area contributed by atoms with E-state index in [0.29, 0.717) is 30.4 Å². The van der Waals surface area contributed by atoms with Crippen molar-refractivity contribution < 1.29 is 23.9 Å². The van der Waals surface area contributed by atoms with E-state index in [1.807, 2.05) is 6.07 Å². The molecule has 0 radical (unpaired) electrons. The maximum absolute atomic E-state index is 12.8. The summed E-state index contributed by atoms with van der Waals surface area (Å²) in [7, 11) is 0. The topological polar surface area (TPSA) is 97.0 Å². The summed E-state index contributed by atoms with van der Waals surface area (Å²) in [5.41, 5.74) is -0.276. The van der Waals surface area contributed by atoms with E-state index in [1.54, 1.807) is 19.1 Å². The third kappa shape index (κ3) is 4.15. The highest BCUT2D eigenvalue weighted by Crippen LogP contribution is 2.34. The predicted molar refractivity (Wildman–Crippen MR) is 97.4 cm³/mol. The van der Waals surface area contributed by atoms with Crippen LogP contribution in [0, 0.1) is 5.92 Å². The van der Waals surface area contributed by atoms with Crippen molar-refractivity contribution >= 4 is 17.8 Å². The van der Waals surface area contributed by atoms with Crippen LogP contribution >= 0.6 is 0 Å². The average Bonchev–Trinajstić information content (AvgIpc) is 3.13. The highest BCUT2D eigenvalue weighted by Gasteiger charge is 2.48. The van der Waals surface area contributed by atoms with Crippen molar-refractivity contribution in [2.24, 2.45) is 5.92 Å². The van der Waals surface area contributed by atoms with Gasteiger partial charge < -0.3 is 20.1 Å². The molecule has 2 aliphatic rings. The van der Waals surface area contributed by atoms with E-state index in [2.05, 4.69) is 24.5 Å². The molecule has 0 aliphatic carbocycles. The van der Waals surface area contributed by atoms with Gasteiger partial charge in [-0.05, 0) is 37.0 Å². The number of hydrogen-bond acceptors (Lipinski definition) is 5. The van der Waals surface area contributed by atoms with Gasteiger partial charge >= 0.3 is 6.03 Å². The van der Waals surface area contributed by atoms with Crippen molar-refractivity contribution in [3.05, 3.63) is 23.8 Å². The summed E-state index contributed by atoms with van der Waals surface area (Å²) in [6.07, 6.45) is 1.13. The van der Waals surface area contributed by atoms with E-state index >= 15 is 0 Å². The number of rotatable bonds is 7. The first-order chi connectivity index (χ1) is 12.8. The minimum absolute atomic E-state index is 0.172. The normalized spacial score (nSPS) is 21.0. The fourth-order valence-electron chi connectivity index (χ4n) is 3.17. The van der Waals surface area contributed by atoms with E-state index in [0.717, 1.165) is 16.9 Å². The molecule has 0 aromatic heterocycles. The Kier molecular flexibility index (Phi) is 5.25. The summed E-state index contributed by atoms with van der Waals surface area (Å²) in [4.78, 5) is 38.1. The Labute approximate surface area is 158 Å². The van der Waals surface area contributed by atoms with Gasteiger partial charge in [-0.2, -0.15) is 0 Å². The van der Waals surface area contributed by atoms with E-state index < -0.39 is 17.5 Å². The van der Waals surface area contributed by atoms with Gasteiger partial charge in [-0.1, -0.05) is 19.9 Å². The number of carbonyl (C=O) groups excluding carboxylic acids is 3. The van der Waals surface area contributed by atoms with E-state index in [-0.39, 0.29) is 19.2 Å². The summed E-state index contributed by atoms with van der Waals surface area (Å²) in [6.45, 7) is 6.20. The zero-order chi connectivity index (χ0) is 19.6. The lowest BCUT2D eigenvalue weighted by atomic mass is 9.92. The Hall–Kier alpha value is -2.77. The highest BCUT2D eigenvalue weighted by molar-refractivity contribution is 6.08. The molecule has 0 spiro atoms. The van der Waals surface area contributed by atoms with Crippen LogP contribution in [-0.4, -0.2) is 48.2 Å². The van der Waals surface area contributed by atoms with Gasteiger partial charge in [-0.15, -0.1) is 0 Å². The van der Waals surface area contributed by atoms with Crippen LogP contribution in [0.15, 0.2) is 18.2 Å². The molecule has 2 N–H and O–H groups in total. The molecule has 2 aliphatic heterocycles. The summed E-state index contributed by atoms with van der Waals surface area (Å²) in [5, 5.41) is 5.46. The molecule has 1 saturated heterocycles. The SMILES string of the molecule is CC(C)CCNC(=O)CN1C(=O)N[C@](C)(Cc2ccc3c(c2)OCO3)C1=O. The zero-order valence-corrected chi connectivity index (χ0v) is 15.8. The summed E-state index contributed by atoms with van der Waals surface area (Å²) in [6, 6.07) is 4.86. The molecule has 0 saturated carbocycles. The molecule has 1 atom stereocenters. The molecule has 27 heavy (non-hydrogen) atoms. The minimum Gasteiger partial charge on any atom is -0.454 e. The number of hydrogen-bond donors (Lipinski definition) is 2. The van der Waals surface area contributed by atoms with Crippen LogP contribution < -0.4 is 20.1 Å². The fraction of sp³-hybridized carbons (Fsp3) is 0.526. The number of carbonyl (C=O) groups is 3. The third-order valence-corrected chi connectivity index (χ3v) is 4.69. The lowest BCUT2D eigenvalue weighted by Gasteiger charge is -2.22. The van der Waals surface area contributed by atoms with Gasteiger partial charge in [0.1, 0.15) is 12.1 Å². The van der Waals surface area contributed by atoms with Gasteiger partial charge in [0, 0.05) is 13.0 Å². The molecular formula is C19H25N3O5. The second kappa shape index (κ2) is 7.46. The number of nitrogens with zero attached hydrogens (tertiary/aromatic N) is 1. The standard InChI is InChI=1S/C19H25N3O5/c1-12(2)6-7-20-16(23)10-22-17(24)19(3,21-18(22)25)9-13-4-5-14-15(8-13)27-11-26-14/h4-5,8,12H,6-7,9-11H2,1-3H3,(H,20,23)(H,21,25)/t19-/m1/s1. The summed E-state index contributed by atoms with van der Waals surface area (Å²) >= 11 is 0. The maximum Gasteiger partial charge on any atom is 0.325 e. The van der Waals surface area contributed by atoms with Crippen LogP contribution in [0.3, 0.4) is 0 Å². The Bertz CT molecular complexity index is 764. The quantitative estimate of drug-likeness (QED) is 0.703. The summed E-state index contributed by atoms with van der Waals surface area (Å²) in [5.74, 6) is 0.988.